The zero-order chi connectivity index (χ0) is 36.9. The minimum absolute atomic E-state index is 0.0436. The lowest BCUT2D eigenvalue weighted by Crippen LogP contribution is -2.70. The zero-order valence-corrected chi connectivity index (χ0v) is 30.1. The summed E-state index contributed by atoms with van der Waals surface area (Å²) in [6.07, 6.45) is 14.1. The number of hydrogen-bond acceptors (Lipinski definition) is 10. The van der Waals surface area contributed by atoms with Crippen molar-refractivity contribution < 1.29 is 39.9 Å². The number of fused-ring (bicyclic) bond motifs is 3. The molecule has 4 rings (SSSR count). The van der Waals surface area contributed by atoms with Crippen LogP contribution in [0.5, 0.6) is 5.75 Å². The number of unbranched alkanes of at least 4 members (excludes halogenated alkanes) is 12. The van der Waals surface area contributed by atoms with Gasteiger partial charge in [0.2, 0.25) is 11.7 Å². The van der Waals surface area contributed by atoms with Crippen molar-refractivity contribution in [3.8, 4) is 5.75 Å². The van der Waals surface area contributed by atoms with Crippen molar-refractivity contribution >= 4 is 28.9 Å². The van der Waals surface area contributed by atoms with Crippen LogP contribution in [0.3, 0.4) is 0 Å². The van der Waals surface area contributed by atoms with Crippen LogP contribution >= 0.6 is 0 Å². The van der Waals surface area contributed by atoms with Crippen LogP contribution in [0.15, 0.2) is 41.3 Å². The Balaban J connectivity index is 1.46. The van der Waals surface area contributed by atoms with Crippen LogP contribution in [-0.4, -0.2) is 79.7 Å². The van der Waals surface area contributed by atoms with Crippen LogP contribution in [-0.2, 0) is 14.4 Å². The molecule has 3 aliphatic rings. The lowest BCUT2D eigenvalue weighted by atomic mass is 9.54. The van der Waals surface area contributed by atoms with Gasteiger partial charge in [0.05, 0.1) is 34.9 Å². The van der Waals surface area contributed by atoms with Crippen LogP contribution in [0.25, 0.3) is 5.76 Å². The standard InChI is InChI=1S/C39H57N3O8/c1-6-7-8-9-10-11-12-13-14-15-16-17-18-19-26(43)41-25-21-20-24-22(2)27-30(34(45)29(24)33(25)44)38(49)39(50)31(35(27)46)32(42(4)5)36(47)28(23(3)40)37(39)48/h20-22,27,31-32,35,44-46,48,50H,3,6-19,40H2,1-2,4-5H3,(H,41,43)/t22-,27?,31?,32-,35-,39+/m0/s1. The van der Waals surface area contributed by atoms with Crippen molar-refractivity contribution in [2.45, 2.75) is 127 Å². The average molecular weight is 696 g/mol. The summed E-state index contributed by atoms with van der Waals surface area (Å²) in [5.74, 6) is -7.63. The summed E-state index contributed by atoms with van der Waals surface area (Å²) in [4.78, 5) is 42.0. The fraction of sp³-hybridized carbons (Fsp3) is 0.615. The van der Waals surface area contributed by atoms with E-state index >= 15 is 0 Å². The quantitative estimate of drug-likeness (QED) is 0.0762. The molecule has 0 aromatic heterocycles. The van der Waals surface area contributed by atoms with Crippen LogP contribution < -0.4 is 11.1 Å². The Kier molecular flexibility index (Phi) is 13.0. The van der Waals surface area contributed by atoms with E-state index in [0.29, 0.717) is 12.0 Å². The van der Waals surface area contributed by atoms with Gasteiger partial charge >= 0.3 is 0 Å². The third kappa shape index (κ3) is 7.36. The fourth-order valence-corrected chi connectivity index (χ4v) is 8.31. The third-order valence-corrected chi connectivity index (χ3v) is 11.0. The molecule has 0 heterocycles. The number of carbonyl (C=O) groups is 3. The Bertz CT molecular complexity index is 1530. The molecule has 50 heavy (non-hydrogen) atoms. The number of anilines is 1. The van der Waals surface area contributed by atoms with Gasteiger partial charge in [-0.1, -0.05) is 104 Å². The van der Waals surface area contributed by atoms with Gasteiger partial charge in [0.25, 0.3) is 0 Å². The van der Waals surface area contributed by atoms with Crippen LogP contribution in [0.1, 0.15) is 121 Å². The monoisotopic (exact) mass is 695 g/mol. The zero-order valence-electron chi connectivity index (χ0n) is 30.1. The Morgan fingerprint density at radius 3 is 2.00 bits per heavy atom. The molecule has 11 heteroatoms. The van der Waals surface area contributed by atoms with E-state index in [1.807, 2.05) is 0 Å². The first-order chi connectivity index (χ1) is 23.7. The molecular formula is C39H57N3O8. The summed E-state index contributed by atoms with van der Waals surface area (Å²) in [5.41, 5.74) is 2.02. The molecule has 6 atom stereocenters. The van der Waals surface area contributed by atoms with Gasteiger partial charge in [-0.2, -0.15) is 0 Å². The molecule has 276 valence electrons. The van der Waals surface area contributed by atoms with E-state index in [9.17, 15) is 39.9 Å². The number of Topliss-reactive ketones (excluding diaryl/α,β-unsaturated/α-hetero) is 2. The molecule has 0 spiro atoms. The number of phenols is 1. The van der Waals surface area contributed by atoms with Crippen molar-refractivity contribution in [2.24, 2.45) is 17.6 Å². The normalized spacial score (nSPS) is 26.2. The number of aliphatic hydroxyl groups excluding tert-OH is 3. The first-order valence-electron chi connectivity index (χ1n) is 18.3. The second kappa shape index (κ2) is 16.6. The van der Waals surface area contributed by atoms with E-state index in [2.05, 4.69) is 18.8 Å². The molecule has 8 N–H and O–H groups in total. The Morgan fingerprint density at radius 2 is 1.48 bits per heavy atom. The largest absolute Gasteiger partial charge is 0.508 e. The van der Waals surface area contributed by atoms with E-state index in [4.69, 9.17) is 5.73 Å². The maximum Gasteiger partial charge on any atom is 0.224 e. The number of amides is 1. The number of nitrogens with zero attached hydrogens (tertiary/aromatic N) is 1. The predicted octanol–water partition coefficient (Wildman–Crippen LogP) is 5.90. The third-order valence-electron chi connectivity index (χ3n) is 11.0. The van der Waals surface area contributed by atoms with Gasteiger partial charge in [-0.05, 0) is 38.1 Å². The number of likely N-dealkylation sites (N-methyl/N-ethyl adjacent to an activating group) is 1. The first kappa shape index (κ1) is 39.1. The van der Waals surface area contributed by atoms with Crippen LogP contribution in [0, 0.1) is 11.8 Å². The van der Waals surface area contributed by atoms with Crippen molar-refractivity contribution in [3.63, 3.8) is 0 Å². The molecule has 11 nitrogen and oxygen atoms in total. The van der Waals surface area contributed by atoms with E-state index in [0.717, 1.165) is 19.3 Å². The number of nitrogens with two attached hydrogens (primary N) is 1. The number of benzene rings is 1. The summed E-state index contributed by atoms with van der Waals surface area (Å²) < 4.78 is 0. The number of allylic oxidation sites excluding steroid dienone is 1. The van der Waals surface area contributed by atoms with Crippen molar-refractivity contribution in [1.82, 2.24) is 4.90 Å². The van der Waals surface area contributed by atoms with E-state index in [1.54, 1.807) is 13.0 Å². The second-order valence-corrected chi connectivity index (χ2v) is 14.7. The van der Waals surface area contributed by atoms with Crippen molar-refractivity contribution in [1.29, 1.82) is 0 Å². The highest BCUT2D eigenvalue weighted by Crippen LogP contribution is 2.57. The molecule has 0 aliphatic heterocycles. The van der Waals surface area contributed by atoms with E-state index in [1.165, 1.54) is 82.8 Å². The average Bonchev–Trinajstić information content (AvgIpc) is 3.05. The van der Waals surface area contributed by atoms with Gasteiger partial charge in [-0.3, -0.25) is 19.3 Å². The van der Waals surface area contributed by atoms with Gasteiger partial charge < -0.3 is 36.6 Å². The van der Waals surface area contributed by atoms with Gasteiger partial charge in [0.15, 0.2) is 11.4 Å². The Labute approximate surface area is 295 Å². The highest BCUT2D eigenvalue weighted by atomic mass is 16.4. The summed E-state index contributed by atoms with van der Waals surface area (Å²) in [6, 6.07) is 1.86. The van der Waals surface area contributed by atoms with Crippen LogP contribution in [0.2, 0.25) is 0 Å². The molecule has 2 unspecified atom stereocenters. The molecule has 1 saturated carbocycles. The second-order valence-electron chi connectivity index (χ2n) is 14.7. The molecule has 0 radical (unpaired) electrons. The van der Waals surface area contributed by atoms with Gasteiger partial charge in [0.1, 0.15) is 17.3 Å². The number of phenolic OH excluding ortho intramolecular Hbond substituents is 1. The summed E-state index contributed by atoms with van der Waals surface area (Å²) in [5, 5.41) is 60.6. The number of carbonyl (C=O) groups excluding carboxylic acids is 3. The van der Waals surface area contributed by atoms with E-state index in [-0.39, 0.29) is 29.3 Å². The molecule has 1 amide bonds. The smallest absolute Gasteiger partial charge is 0.224 e. The highest BCUT2D eigenvalue weighted by Gasteiger charge is 2.68. The van der Waals surface area contributed by atoms with Gasteiger partial charge in [-0.15, -0.1) is 0 Å². The maximum atomic E-state index is 14.2. The minimum Gasteiger partial charge on any atom is -0.508 e. The van der Waals surface area contributed by atoms with E-state index < -0.39 is 75.5 Å². The molecular weight excluding hydrogens is 638 g/mol. The Morgan fingerprint density at radius 1 is 0.940 bits per heavy atom. The Hall–Kier alpha value is -3.67. The number of hydrogen-bond donors (Lipinski definition) is 7. The van der Waals surface area contributed by atoms with Crippen LogP contribution in [0.4, 0.5) is 5.69 Å². The lowest BCUT2D eigenvalue weighted by molar-refractivity contribution is -0.169. The minimum atomic E-state index is -2.83. The highest BCUT2D eigenvalue weighted by molar-refractivity contribution is 6.15. The SMILES string of the molecule is C=C(N)C1=C(O)[C@@]2(O)C(=O)C3=C(O)c4c(ccc(NC(=O)CCCCCCCCCCCCCCC)c4O)[C@H](C)C3[C@H](O)C2[C@H](N(C)C)C1=O. The number of ketones is 2. The molecule has 0 saturated heterocycles. The van der Waals surface area contributed by atoms with Gasteiger partial charge in [0, 0.05) is 23.6 Å². The maximum absolute atomic E-state index is 14.2. The fourth-order valence-electron chi connectivity index (χ4n) is 8.31. The lowest BCUT2D eigenvalue weighted by Gasteiger charge is -2.54. The molecule has 0 bridgehead atoms. The predicted molar refractivity (Wildman–Crippen MR) is 193 cm³/mol. The van der Waals surface area contributed by atoms with Crippen molar-refractivity contribution in [2.75, 3.05) is 19.4 Å². The topological polar surface area (TPSA) is 194 Å². The van der Waals surface area contributed by atoms with Gasteiger partial charge in [-0.25, -0.2) is 0 Å². The number of rotatable bonds is 17. The summed E-state index contributed by atoms with van der Waals surface area (Å²) in [6.45, 7) is 7.46. The van der Waals surface area contributed by atoms with Crippen molar-refractivity contribution in [3.05, 3.63) is 52.4 Å². The molecule has 1 aromatic rings. The molecule has 1 fully saturated rings. The first-order valence-corrected chi connectivity index (χ1v) is 18.3. The summed E-state index contributed by atoms with van der Waals surface area (Å²) in [7, 11) is 3.07. The number of aliphatic hydroxyl groups is 4. The number of nitrogens with one attached hydrogen (secondary N) is 1. The summed E-state index contributed by atoms with van der Waals surface area (Å²) >= 11 is 0. The molecule has 3 aliphatic carbocycles. The molecule has 1 aromatic carbocycles. The number of aromatic hydroxyl groups is 1.